The van der Waals surface area contributed by atoms with Crippen molar-refractivity contribution in [3.05, 3.63) is 42.0 Å². The number of anilines is 3. The molecule has 1 N–H and O–H groups in total. The van der Waals surface area contributed by atoms with Crippen LogP contribution in [0, 0.1) is 0 Å². The van der Waals surface area contributed by atoms with Crippen LogP contribution in [0.3, 0.4) is 0 Å². The largest absolute Gasteiger partial charge is 0.351 e. The van der Waals surface area contributed by atoms with E-state index in [4.69, 9.17) is 0 Å². The normalized spacial score (nSPS) is 30.1. The molecule has 4 heteroatoms. The molecule has 1 saturated heterocycles. The highest BCUT2D eigenvalue weighted by Crippen LogP contribution is 2.63. The fraction of sp³-hybridized carbons (Fsp3) is 0.250. The molecule has 2 aromatic carbocycles. The third kappa shape index (κ3) is 0.930. The van der Waals surface area contributed by atoms with Gasteiger partial charge in [0.1, 0.15) is 6.17 Å². The summed E-state index contributed by atoms with van der Waals surface area (Å²) in [7, 11) is 2.23. The molecule has 1 fully saturated rings. The Morgan fingerprint density at radius 2 is 1.85 bits per heavy atom. The molecular formula is C16H13N3S. The molecule has 3 nitrogen and oxygen atoms in total. The molecule has 4 heterocycles. The highest BCUT2D eigenvalue weighted by Gasteiger charge is 2.58. The van der Waals surface area contributed by atoms with E-state index < -0.39 is 0 Å². The molecule has 0 spiro atoms. The van der Waals surface area contributed by atoms with Crippen LogP contribution >= 0.6 is 11.8 Å². The number of hydrogen-bond acceptors (Lipinski definition) is 4. The molecule has 0 bridgehead atoms. The molecule has 2 aromatic rings. The van der Waals surface area contributed by atoms with Gasteiger partial charge in [-0.1, -0.05) is 30.0 Å². The third-order valence-corrected chi connectivity index (χ3v) is 6.13. The van der Waals surface area contributed by atoms with Crippen LogP contribution in [0.2, 0.25) is 0 Å². The maximum atomic E-state index is 3.68. The van der Waals surface area contributed by atoms with Crippen molar-refractivity contribution in [2.24, 2.45) is 0 Å². The Hall–Kier alpha value is -1.65. The van der Waals surface area contributed by atoms with E-state index in [1.807, 2.05) is 11.8 Å². The zero-order valence-electron chi connectivity index (χ0n) is 11.0. The van der Waals surface area contributed by atoms with Crippen LogP contribution in [-0.2, 0) is 0 Å². The minimum Gasteiger partial charge on any atom is -0.351 e. The summed E-state index contributed by atoms with van der Waals surface area (Å²) < 4.78 is 0. The fourth-order valence-electron chi connectivity index (χ4n) is 4.16. The quantitative estimate of drug-likeness (QED) is 0.750. The Bertz CT molecular complexity index is 787. The highest BCUT2D eigenvalue weighted by molar-refractivity contribution is 7.99. The van der Waals surface area contributed by atoms with Gasteiger partial charge in [0.05, 0.1) is 29.1 Å². The number of likely N-dealkylation sites (N-methyl/N-ethyl adjacent to an activating group) is 1. The van der Waals surface area contributed by atoms with Crippen molar-refractivity contribution >= 4 is 28.8 Å². The molecule has 0 radical (unpaired) electrons. The van der Waals surface area contributed by atoms with Crippen LogP contribution in [0.1, 0.15) is 11.6 Å². The summed E-state index contributed by atoms with van der Waals surface area (Å²) in [6.07, 6.45) is 0.436. The Kier molecular flexibility index (Phi) is 1.52. The van der Waals surface area contributed by atoms with Crippen LogP contribution in [-0.4, -0.2) is 19.3 Å². The predicted octanol–water partition coefficient (Wildman–Crippen LogP) is 3.09. The Balaban J connectivity index is 1.76. The molecule has 4 aliphatic heterocycles. The van der Waals surface area contributed by atoms with Crippen LogP contribution in [0.15, 0.2) is 46.2 Å². The molecule has 0 aromatic heterocycles. The van der Waals surface area contributed by atoms with Gasteiger partial charge in [-0.3, -0.25) is 0 Å². The van der Waals surface area contributed by atoms with Crippen molar-refractivity contribution in [3.8, 4) is 0 Å². The lowest BCUT2D eigenvalue weighted by atomic mass is 9.99. The summed E-state index contributed by atoms with van der Waals surface area (Å²) in [5, 5.41) is 3.68. The molecule has 0 saturated carbocycles. The lowest BCUT2D eigenvalue weighted by Crippen LogP contribution is -2.46. The summed E-state index contributed by atoms with van der Waals surface area (Å²) in [5.74, 6) is 0. The SMILES string of the molecule is CN1c2cccc3c2N2c4c(cccc4C4NC4C12)S3. The molecule has 20 heavy (non-hydrogen) atoms. The second-order valence-electron chi connectivity index (χ2n) is 5.98. The summed E-state index contributed by atoms with van der Waals surface area (Å²) in [4.78, 5) is 7.81. The maximum Gasteiger partial charge on any atom is 0.124 e. The lowest BCUT2D eigenvalue weighted by molar-refractivity contribution is 0.619. The first-order valence-corrected chi connectivity index (χ1v) is 7.88. The van der Waals surface area contributed by atoms with E-state index in [0.29, 0.717) is 18.2 Å². The van der Waals surface area contributed by atoms with E-state index in [1.165, 1.54) is 32.4 Å². The van der Waals surface area contributed by atoms with E-state index in [-0.39, 0.29) is 0 Å². The van der Waals surface area contributed by atoms with E-state index in [1.54, 1.807) is 0 Å². The average Bonchev–Trinajstić information content (AvgIpc) is 3.21. The van der Waals surface area contributed by atoms with E-state index in [2.05, 4.69) is 58.6 Å². The predicted molar refractivity (Wildman–Crippen MR) is 81.0 cm³/mol. The Morgan fingerprint density at radius 1 is 1.05 bits per heavy atom. The first kappa shape index (κ1) is 10.1. The molecular weight excluding hydrogens is 266 g/mol. The summed E-state index contributed by atoms with van der Waals surface area (Å²) in [5.41, 5.74) is 5.71. The van der Waals surface area contributed by atoms with Crippen LogP contribution < -0.4 is 15.1 Å². The van der Waals surface area contributed by atoms with Gasteiger partial charge in [0, 0.05) is 16.8 Å². The second-order valence-corrected chi connectivity index (χ2v) is 7.07. The van der Waals surface area contributed by atoms with Gasteiger partial charge in [-0.15, -0.1) is 0 Å². The van der Waals surface area contributed by atoms with Gasteiger partial charge in [0.15, 0.2) is 0 Å². The molecule has 0 amide bonds. The summed E-state index contributed by atoms with van der Waals surface area (Å²) >= 11 is 1.92. The van der Waals surface area contributed by atoms with Crippen LogP contribution in [0.5, 0.6) is 0 Å². The number of fused-ring (bicyclic) bond motifs is 3. The summed E-state index contributed by atoms with van der Waals surface area (Å²) in [6, 6.07) is 14.5. The van der Waals surface area contributed by atoms with Crippen LogP contribution in [0.4, 0.5) is 17.1 Å². The number of nitrogens with zero attached hydrogens (tertiary/aromatic N) is 2. The maximum absolute atomic E-state index is 3.68. The van der Waals surface area contributed by atoms with E-state index in [9.17, 15) is 0 Å². The van der Waals surface area contributed by atoms with Gasteiger partial charge in [-0.25, -0.2) is 0 Å². The van der Waals surface area contributed by atoms with Gasteiger partial charge in [-0.2, -0.15) is 0 Å². The van der Waals surface area contributed by atoms with E-state index in [0.717, 1.165) is 0 Å². The highest BCUT2D eigenvalue weighted by atomic mass is 32.2. The minimum atomic E-state index is 0.436. The zero-order valence-corrected chi connectivity index (χ0v) is 11.8. The van der Waals surface area contributed by atoms with Crippen molar-refractivity contribution < 1.29 is 0 Å². The molecule has 4 aliphatic rings. The van der Waals surface area contributed by atoms with Gasteiger partial charge < -0.3 is 15.1 Å². The zero-order chi connectivity index (χ0) is 13.0. The van der Waals surface area contributed by atoms with Crippen molar-refractivity contribution in [2.45, 2.75) is 28.0 Å². The number of hydrogen-bond donors (Lipinski definition) is 1. The number of nitrogens with one attached hydrogen (secondary N) is 1. The molecule has 3 unspecified atom stereocenters. The monoisotopic (exact) mass is 279 g/mol. The first-order valence-electron chi connectivity index (χ1n) is 7.06. The Morgan fingerprint density at radius 3 is 2.75 bits per heavy atom. The average molecular weight is 279 g/mol. The van der Waals surface area contributed by atoms with Crippen molar-refractivity contribution in [1.82, 2.24) is 5.32 Å². The fourth-order valence-corrected chi connectivity index (χ4v) is 5.30. The standard InChI is InChI=1S/C16H13N3S/c1-18-9-5-3-7-11-15(9)19-14-8(4-2-6-10(14)20-11)12-13(17-12)16(18)19/h2-7,12-13,16-17H,1H3. The molecule has 6 rings (SSSR count). The topological polar surface area (TPSA) is 28.4 Å². The molecule has 98 valence electrons. The number of benzene rings is 2. The van der Waals surface area contributed by atoms with Crippen molar-refractivity contribution in [3.63, 3.8) is 0 Å². The van der Waals surface area contributed by atoms with Gasteiger partial charge >= 0.3 is 0 Å². The van der Waals surface area contributed by atoms with Crippen molar-refractivity contribution in [1.29, 1.82) is 0 Å². The lowest BCUT2D eigenvalue weighted by Gasteiger charge is -2.38. The van der Waals surface area contributed by atoms with Crippen LogP contribution in [0.25, 0.3) is 0 Å². The molecule has 3 atom stereocenters. The second kappa shape index (κ2) is 3.00. The van der Waals surface area contributed by atoms with Gasteiger partial charge in [-0.05, 0) is 23.8 Å². The third-order valence-electron chi connectivity index (χ3n) is 5.03. The van der Waals surface area contributed by atoms with Gasteiger partial charge in [0.25, 0.3) is 0 Å². The summed E-state index contributed by atoms with van der Waals surface area (Å²) in [6.45, 7) is 0. The number of para-hydroxylation sites is 2. The number of rotatable bonds is 0. The molecule has 0 aliphatic carbocycles. The smallest absolute Gasteiger partial charge is 0.124 e. The minimum absolute atomic E-state index is 0.436. The first-order chi connectivity index (χ1) is 9.84. The van der Waals surface area contributed by atoms with Crippen molar-refractivity contribution in [2.75, 3.05) is 16.8 Å². The van der Waals surface area contributed by atoms with E-state index >= 15 is 0 Å². The van der Waals surface area contributed by atoms with Gasteiger partial charge in [0.2, 0.25) is 0 Å². The Labute approximate surface area is 121 Å².